The van der Waals surface area contributed by atoms with E-state index >= 15 is 0 Å². The average molecular weight is 398 g/mol. The molecule has 4 N–H and O–H groups in total. The van der Waals surface area contributed by atoms with E-state index in [-0.39, 0.29) is 0 Å². The minimum Gasteiger partial charge on any atom is -0.394 e. The van der Waals surface area contributed by atoms with Crippen LogP contribution in [0, 0.1) is 6.92 Å². The quantitative estimate of drug-likeness (QED) is 0.616. The number of rotatable bonds is 5. The van der Waals surface area contributed by atoms with Crippen molar-refractivity contribution in [3.63, 3.8) is 0 Å². The van der Waals surface area contributed by atoms with Crippen LogP contribution in [-0.4, -0.2) is 51.4 Å². The van der Waals surface area contributed by atoms with E-state index in [0.29, 0.717) is 0 Å². The first kappa shape index (κ1) is 20.5. The van der Waals surface area contributed by atoms with Crippen molar-refractivity contribution in [2.24, 2.45) is 0 Å². The number of hydrogen-bond donors (Lipinski definition) is 4. The molecule has 5 atom stereocenters. The Morgan fingerprint density at radius 2 is 1.69 bits per heavy atom. The van der Waals surface area contributed by atoms with Crippen LogP contribution in [0.4, 0.5) is 0 Å². The van der Waals surface area contributed by atoms with Gasteiger partial charge in [-0.3, -0.25) is 0 Å². The maximum atomic E-state index is 10.6. The molecule has 4 rings (SSSR count). The van der Waals surface area contributed by atoms with Gasteiger partial charge in [0.15, 0.2) is 0 Å². The summed E-state index contributed by atoms with van der Waals surface area (Å²) in [6, 6.07) is 10.9. The largest absolute Gasteiger partial charge is 0.394 e. The second-order valence-corrected chi connectivity index (χ2v) is 8.36. The molecule has 2 aliphatic rings. The third kappa shape index (κ3) is 3.74. The van der Waals surface area contributed by atoms with Gasteiger partial charge < -0.3 is 25.2 Å². The van der Waals surface area contributed by atoms with Gasteiger partial charge >= 0.3 is 0 Å². The van der Waals surface area contributed by atoms with E-state index in [1.807, 2.05) is 6.92 Å². The molecule has 1 aliphatic carbocycles. The lowest BCUT2D eigenvalue weighted by atomic mass is 9.84. The molecular weight excluding hydrogens is 368 g/mol. The number of benzene rings is 2. The van der Waals surface area contributed by atoms with Gasteiger partial charge in [-0.2, -0.15) is 0 Å². The Bertz CT molecular complexity index is 891. The van der Waals surface area contributed by atoms with Gasteiger partial charge in [0.2, 0.25) is 0 Å². The molecule has 0 bridgehead atoms. The van der Waals surface area contributed by atoms with E-state index in [1.54, 1.807) is 0 Å². The molecule has 1 aliphatic heterocycles. The molecule has 156 valence electrons. The van der Waals surface area contributed by atoms with Crippen LogP contribution in [0.2, 0.25) is 0 Å². The summed E-state index contributed by atoms with van der Waals surface area (Å²) < 4.78 is 5.81. The van der Waals surface area contributed by atoms with Crippen LogP contribution >= 0.6 is 0 Å². The molecule has 2 aromatic rings. The molecular formula is C24H30O5. The van der Waals surface area contributed by atoms with Gasteiger partial charge in [-0.05, 0) is 71.6 Å². The average Bonchev–Trinajstić information content (AvgIpc) is 2.70. The van der Waals surface area contributed by atoms with Crippen molar-refractivity contribution in [3.05, 3.63) is 69.3 Å². The van der Waals surface area contributed by atoms with E-state index < -0.39 is 37.1 Å². The molecule has 0 unspecified atom stereocenters. The first-order valence-electron chi connectivity index (χ1n) is 10.5. The van der Waals surface area contributed by atoms with E-state index in [4.69, 9.17) is 4.74 Å². The minimum absolute atomic E-state index is 0.421. The highest BCUT2D eigenvalue weighted by Gasteiger charge is 2.44. The van der Waals surface area contributed by atoms with Crippen LogP contribution in [-0.2, 0) is 30.4 Å². The second kappa shape index (κ2) is 8.17. The fourth-order valence-corrected chi connectivity index (χ4v) is 4.57. The number of aliphatic hydroxyl groups is 4. The molecule has 0 aromatic heterocycles. The topological polar surface area (TPSA) is 90.2 Å². The van der Waals surface area contributed by atoms with Crippen LogP contribution in [0.25, 0.3) is 0 Å². The fraction of sp³-hybridized carbons (Fsp3) is 0.500. The van der Waals surface area contributed by atoms with Gasteiger partial charge in [0.25, 0.3) is 0 Å². The number of aryl methyl sites for hydroxylation is 4. The van der Waals surface area contributed by atoms with E-state index in [0.717, 1.165) is 30.4 Å². The Morgan fingerprint density at radius 1 is 0.931 bits per heavy atom. The first-order valence-corrected chi connectivity index (χ1v) is 10.5. The lowest BCUT2D eigenvalue weighted by molar-refractivity contribution is -0.231. The van der Waals surface area contributed by atoms with Gasteiger partial charge in [-0.1, -0.05) is 37.3 Å². The molecule has 5 heteroatoms. The zero-order valence-corrected chi connectivity index (χ0v) is 17.0. The highest BCUT2D eigenvalue weighted by molar-refractivity contribution is 5.45. The van der Waals surface area contributed by atoms with Gasteiger partial charge in [-0.15, -0.1) is 0 Å². The van der Waals surface area contributed by atoms with Crippen molar-refractivity contribution >= 4 is 0 Å². The number of ether oxygens (including phenoxy) is 1. The maximum Gasteiger partial charge on any atom is 0.113 e. The Morgan fingerprint density at radius 3 is 2.31 bits per heavy atom. The maximum absolute atomic E-state index is 10.6. The standard InChI is InChI=1S/C24H30O5/c1-3-15-8-13(2)19(24-23(28)22(27)21(26)20(12-25)29-24)11-18(15)10-14-4-5-16-6-7-17(16)9-14/h4-5,8-9,11,20-28H,3,6-7,10,12H2,1-2H3/t20-,21-,22+,23-,24+/m1/s1. The first-order chi connectivity index (χ1) is 13.9. The van der Waals surface area contributed by atoms with Crippen molar-refractivity contribution in [2.75, 3.05) is 6.61 Å². The molecule has 1 heterocycles. The molecule has 0 amide bonds. The molecule has 5 nitrogen and oxygen atoms in total. The molecule has 0 radical (unpaired) electrons. The van der Waals surface area contributed by atoms with E-state index in [9.17, 15) is 20.4 Å². The van der Waals surface area contributed by atoms with Crippen molar-refractivity contribution in [1.82, 2.24) is 0 Å². The summed E-state index contributed by atoms with van der Waals surface area (Å²) in [6.07, 6.45) is -1.67. The summed E-state index contributed by atoms with van der Waals surface area (Å²) >= 11 is 0. The molecule has 2 aromatic carbocycles. The Balaban J connectivity index is 1.68. The van der Waals surface area contributed by atoms with Crippen molar-refractivity contribution in [3.8, 4) is 0 Å². The summed E-state index contributed by atoms with van der Waals surface area (Å²) in [5.74, 6) is 0. The summed E-state index contributed by atoms with van der Waals surface area (Å²) in [6.45, 7) is 3.67. The van der Waals surface area contributed by atoms with E-state index in [1.165, 1.54) is 34.2 Å². The van der Waals surface area contributed by atoms with Gasteiger partial charge in [0.05, 0.1) is 6.61 Å². The zero-order chi connectivity index (χ0) is 20.7. The third-order valence-electron chi connectivity index (χ3n) is 6.50. The summed E-state index contributed by atoms with van der Waals surface area (Å²) in [5, 5.41) is 40.4. The lowest BCUT2D eigenvalue weighted by Gasteiger charge is -2.41. The molecule has 1 saturated heterocycles. The molecule has 0 spiro atoms. The van der Waals surface area contributed by atoms with Crippen LogP contribution in [0.5, 0.6) is 0 Å². The minimum atomic E-state index is -1.37. The Labute approximate surface area is 171 Å². The van der Waals surface area contributed by atoms with Crippen molar-refractivity contribution in [1.29, 1.82) is 0 Å². The predicted octanol–water partition coefficient (Wildman–Crippen LogP) is 1.76. The Kier molecular flexibility index (Phi) is 5.78. The van der Waals surface area contributed by atoms with Crippen LogP contribution in [0.3, 0.4) is 0 Å². The number of hydrogen-bond acceptors (Lipinski definition) is 5. The van der Waals surface area contributed by atoms with Gasteiger partial charge in [-0.25, -0.2) is 0 Å². The van der Waals surface area contributed by atoms with Crippen LogP contribution in [0.1, 0.15) is 52.0 Å². The summed E-state index contributed by atoms with van der Waals surface area (Å²) in [7, 11) is 0. The highest BCUT2D eigenvalue weighted by atomic mass is 16.5. The number of aliphatic hydroxyl groups excluding tert-OH is 4. The highest BCUT2D eigenvalue weighted by Crippen LogP contribution is 2.36. The SMILES string of the molecule is CCc1cc(C)c([C@@H]2O[C@H](CO)[C@@H](O)[C@H](O)[C@H]2O)cc1Cc1ccc2c(c1)CC2. The third-order valence-corrected chi connectivity index (χ3v) is 6.50. The normalized spacial score (nSPS) is 28.7. The number of fused-ring (bicyclic) bond motifs is 1. The van der Waals surface area contributed by atoms with Crippen LogP contribution < -0.4 is 0 Å². The fourth-order valence-electron chi connectivity index (χ4n) is 4.57. The monoisotopic (exact) mass is 398 g/mol. The molecule has 0 saturated carbocycles. The second-order valence-electron chi connectivity index (χ2n) is 8.36. The Hall–Kier alpha value is -1.76. The molecule has 1 fully saturated rings. The summed E-state index contributed by atoms with van der Waals surface area (Å²) in [4.78, 5) is 0. The van der Waals surface area contributed by atoms with Gasteiger partial charge in [0, 0.05) is 0 Å². The smallest absolute Gasteiger partial charge is 0.113 e. The van der Waals surface area contributed by atoms with E-state index in [2.05, 4.69) is 37.3 Å². The zero-order valence-electron chi connectivity index (χ0n) is 17.0. The molecule has 29 heavy (non-hydrogen) atoms. The van der Waals surface area contributed by atoms with Crippen molar-refractivity contribution in [2.45, 2.75) is 70.1 Å². The van der Waals surface area contributed by atoms with Gasteiger partial charge in [0.1, 0.15) is 30.5 Å². The van der Waals surface area contributed by atoms with Crippen molar-refractivity contribution < 1.29 is 25.2 Å². The summed E-state index contributed by atoms with van der Waals surface area (Å²) in [5.41, 5.74) is 8.31. The predicted molar refractivity (Wildman–Crippen MR) is 110 cm³/mol. The van der Waals surface area contributed by atoms with Crippen LogP contribution in [0.15, 0.2) is 30.3 Å². The lowest BCUT2D eigenvalue weighted by Crippen LogP contribution is -2.55.